The number of benzene rings is 2. The van der Waals surface area contributed by atoms with Crippen molar-refractivity contribution in [2.75, 3.05) is 23.8 Å². The molecular weight excluding hydrogens is 1210 g/mol. The highest BCUT2D eigenvalue weighted by atomic mass is 35.5. The highest BCUT2D eigenvalue weighted by Crippen LogP contribution is 2.74. The zero-order valence-corrected chi connectivity index (χ0v) is 53.3. The number of ether oxygens (including phenoxy) is 2. The van der Waals surface area contributed by atoms with Gasteiger partial charge >= 0.3 is 5.97 Å². The number of Topliss-reactive ketones (excluding diaryl/α,β-unsaturated/α-hetero) is 1. The second kappa shape index (κ2) is 25.3. The molecule has 7 N–H and O–H groups in total. The number of pyridine rings is 2. The van der Waals surface area contributed by atoms with Gasteiger partial charge in [0.1, 0.15) is 39.4 Å². The third-order valence-corrected chi connectivity index (χ3v) is 22.2. The predicted molar refractivity (Wildman–Crippen MR) is 330 cm³/mol. The normalized spacial score (nSPS) is 31.3. The number of amides is 2. The predicted octanol–water partition coefficient (Wildman–Crippen LogP) is 13.7. The van der Waals surface area contributed by atoms with Crippen LogP contribution in [0.5, 0.6) is 0 Å². The van der Waals surface area contributed by atoms with Crippen molar-refractivity contribution in [3.63, 3.8) is 0 Å². The highest BCUT2D eigenvalue weighted by molar-refractivity contribution is 6.31. The molecule has 4 spiro atoms. The standard InChI is InChI=1S/C33H39Cl2FN2O4.C25H25Cl2FN2O3.C7H15NO2.ClH/c1-18(39)25-9-7-19(17-42-25)15-24(40)21-16-32(13-11-31(2,3)12-14-32)33(27(21)20-5-4-6-23(34)28(20)36)22-8-10-26(35)37-29(22)38-30(33)41;1-23(2)8-10-24(11-9-23)12-14(21(31)32)18(13-4-3-5-16(26)19(13)28)25(24)15-6-7-17(27)29-20(15)30-22(25)33;1-5(9)7-3-2-6(8)4-10-7;/h4-6,8,10,18-19,21,25,27,39H,7,9,11-17H2,1-3H3,(H,37,38,41);3-7,14,18H,8-12H2,1-2H3,(H,31,32)(H,29,30,33);5-7,9H,2-4,8H2,1H3;1H/t18-,19+,21+,25+,27+,33-;14-,18+,25?;5-,6-,7+;/m111./s1. The number of aliphatic hydroxyl groups excluding tert-OH is 2. The number of halogens is 7. The number of carbonyl (C=O) groups is 4. The van der Waals surface area contributed by atoms with Crippen molar-refractivity contribution >= 4 is 94.0 Å². The Morgan fingerprint density at radius 3 is 1.45 bits per heavy atom. The molecule has 4 aromatic rings. The maximum absolute atomic E-state index is 16.1. The van der Waals surface area contributed by atoms with Crippen molar-refractivity contribution in [2.45, 2.75) is 191 Å². The van der Waals surface area contributed by atoms with Crippen LogP contribution in [0.4, 0.5) is 20.4 Å². The Hall–Kier alpha value is -4.07. The number of ketones is 1. The van der Waals surface area contributed by atoms with Crippen LogP contribution in [0.3, 0.4) is 0 Å². The van der Waals surface area contributed by atoms with Gasteiger partial charge in [0.2, 0.25) is 11.8 Å². The lowest BCUT2D eigenvalue weighted by atomic mass is 9.51. The molecule has 4 aliphatic carbocycles. The van der Waals surface area contributed by atoms with Gasteiger partial charge in [-0.1, -0.05) is 110 Å². The summed E-state index contributed by atoms with van der Waals surface area (Å²) >= 11 is 24.9. The van der Waals surface area contributed by atoms with Crippen LogP contribution in [-0.2, 0) is 39.5 Å². The van der Waals surface area contributed by atoms with Gasteiger partial charge in [0.05, 0.1) is 64.4 Å². The van der Waals surface area contributed by atoms with Gasteiger partial charge in [-0.2, -0.15) is 0 Å². The lowest BCUT2D eigenvalue weighted by Crippen LogP contribution is -2.52. The fourth-order valence-electron chi connectivity index (χ4n) is 16.6. The van der Waals surface area contributed by atoms with Gasteiger partial charge in [-0.3, -0.25) is 19.2 Å². The zero-order chi connectivity index (χ0) is 61.3. The SMILES string of the molecule is CC1(C)CCC2(CC1)C[C@@H](C(=O)O)[C@H](c1cccc(Cl)c1F)C21C(=O)Nc2nc(Cl)ccc21.C[C@@H](O)[C@@H]1CC[C@@H](CC(=O)[C@@H]2CC3(CCC(C)(C)CC3)[C@@]3(C(=O)Nc4nc(Cl)ccc43)[C@H]2c2cccc(Cl)c2F)CO1.C[C@@H](O)[C@@H]1CC[C@@H](N)CO1.Cl. The highest BCUT2D eigenvalue weighted by Gasteiger charge is 2.75. The molecule has 6 heterocycles. The first kappa shape index (κ1) is 66.4. The maximum atomic E-state index is 16.1. The van der Waals surface area contributed by atoms with E-state index in [-0.39, 0.29) is 110 Å². The van der Waals surface area contributed by atoms with Crippen molar-refractivity contribution in [1.82, 2.24) is 9.97 Å². The van der Waals surface area contributed by atoms with Gasteiger partial charge in [0.15, 0.2) is 0 Å². The Labute approximate surface area is 528 Å². The molecule has 2 amide bonds. The first-order valence-electron chi connectivity index (χ1n) is 30.1. The van der Waals surface area contributed by atoms with Crippen LogP contribution in [-0.4, -0.2) is 92.5 Å². The van der Waals surface area contributed by atoms with Crippen LogP contribution in [0.15, 0.2) is 60.7 Å². The number of carboxylic acids is 1. The van der Waals surface area contributed by atoms with Crippen LogP contribution in [0.25, 0.3) is 0 Å². The Morgan fingerprint density at radius 1 is 0.640 bits per heavy atom. The number of nitrogens with one attached hydrogen (secondary N) is 2. The monoisotopic (exact) mass is 1290 g/mol. The molecule has 2 aromatic carbocycles. The van der Waals surface area contributed by atoms with E-state index >= 15 is 8.78 Å². The Morgan fingerprint density at radius 2 is 1.06 bits per heavy atom. The quantitative estimate of drug-likeness (QED) is 0.0907. The number of rotatable bonds is 8. The Kier molecular flexibility index (Phi) is 19.5. The minimum atomic E-state index is -1.29. The molecule has 1 unspecified atom stereocenters. The fourth-order valence-corrected chi connectivity index (χ4v) is 17.3. The summed E-state index contributed by atoms with van der Waals surface area (Å²) in [6, 6.07) is 16.6. The summed E-state index contributed by atoms with van der Waals surface area (Å²) < 4.78 is 42.7. The van der Waals surface area contributed by atoms with Gasteiger partial charge in [-0.15, -0.1) is 12.4 Å². The molecule has 86 heavy (non-hydrogen) atoms. The van der Waals surface area contributed by atoms with Crippen LogP contribution in [0.2, 0.25) is 20.4 Å². The van der Waals surface area contributed by atoms with E-state index in [0.717, 1.165) is 57.8 Å². The van der Waals surface area contributed by atoms with E-state index in [1.807, 2.05) is 6.07 Å². The largest absolute Gasteiger partial charge is 0.481 e. The molecule has 0 bridgehead atoms. The molecule has 2 aromatic heterocycles. The van der Waals surface area contributed by atoms with E-state index in [1.165, 1.54) is 12.1 Å². The molecule has 12 rings (SSSR count). The Balaban J connectivity index is 0.000000178. The summed E-state index contributed by atoms with van der Waals surface area (Å²) in [5.41, 5.74) is 3.80. The maximum Gasteiger partial charge on any atom is 0.307 e. The van der Waals surface area contributed by atoms with Crippen LogP contribution < -0.4 is 16.4 Å². The van der Waals surface area contributed by atoms with Gasteiger partial charge < -0.3 is 41.2 Å². The summed E-state index contributed by atoms with van der Waals surface area (Å²) in [5, 5.41) is 35.6. The van der Waals surface area contributed by atoms with Crippen LogP contribution in [0.1, 0.15) is 172 Å². The fraction of sp³-hybridized carbons (Fsp3) is 0.600. The molecule has 468 valence electrons. The lowest BCUT2D eigenvalue weighted by Gasteiger charge is -2.50. The van der Waals surface area contributed by atoms with Crippen molar-refractivity contribution in [3.05, 3.63) is 115 Å². The smallest absolute Gasteiger partial charge is 0.307 e. The summed E-state index contributed by atoms with van der Waals surface area (Å²) in [7, 11) is 0. The summed E-state index contributed by atoms with van der Waals surface area (Å²) in [4.78, 5) is 64.4. The lowest BCUT2D eigenvalue weighted by molar-refractivity contribution is -0.142. The minimum absolute atomic E-state index is 0. The molecule has 14 nitrogen and oxygen atoms in total. The molecule has 21 heteroatoms. The summed E-state index contributed by atoms with van der Waals surface area (Å²) in [6.45, 7) is 13.3. The van der Waals surface area contributed by atoms with E-state index in [4.69, 9.17) is 66.7 Å². The van der Waals surface area contributed by atoms with E-state index < -0.39 is 69.0 Å². The first-order valence-corrected chi connectivity index (χ1v) is 31.6. The number of hydrogen-bond acceptors (Lipinski definition) is 11. The van der Waals surface area contributed by atoms with E-state index in [9.17, 15) is 29.4 Å². The number of nitrogens with zero attached hydrogens (tertiary/aromatic N) is 2. The van der Waals surface area contributed by atoms with Crippen LogP contribution in [0, 0.1) is 51.0 Å². The van der Waals surface area contributed by atoms with Gasteiger partial charge in [0, 0.05) is 41.3 Å². The third-order valence-electron chi connectivity index (χ3n) is 21.2. The zero-order valence-electron chi connectivity index (χ0n) is 49.5. The van der Waals surface area contributed by atoms with Crippen molar-refractivity contribution < 1.29 is 52.8 Å². The van der Waals surface area contributed by atoms with Crippen LogP contribution >= 0.6 is 58.8 Å². The van der Waals surface area contributed by atoms with E-state index in [1.54, 1.807) is 56.3 Å². The molecule has 4 saturated carbocycles. The van der Waals surface area contributed by atoms with Crippen molar-refractivity contribution in [3.8, 4) is 0 Å². The number of aromatic nitrogens is 2. The molecule has 4 aliphatic heterocycles. The minimum Gasteiger partial charge on any atom is -0.481 e. The number of anilines is 2. The summed E-state index contributed by atoms with van der Waals surface area (Å²) in [5.74, 6) is -5.37. The molecule has 0 radical (unpaired) electrons. The van der Waals surface area contributed by atoms with Crippen molar-refractivity contribution in [1.29, 1.82) is 0 Å². The second-order valence-electron chi connectivity index (χ2n) is 27.4. The number of hydrogen-bond donors (Lipinski definition) is 6. The topological polar surface area (TPSA) is 223 Å². The van der Waals surface area contributed by atoms with Gasteiger partial charge in [0.25, 0.3) is 0 Å². The van der Waals surface area contributed by atoms with Crippen molar-refractivity contribution in [2.24, 2.45) is 45.1 Å². The van der Waals surface area contributed by atoms with Gasteiger partial charge in [-0.25, -0.2) is 18.7 Å². The molecule has 8 aliphatic rings. The average molecular weight is 1290 g/mol. The third kappa shape index (κ3) is 11.7. The number of carboxylic acid groups (broad SMARTS) is 1. The van der Waals surface area contributed by atoms with Gasteiger partial charge in [-0.05, 0) is 167 Å². The summed E-state index contributed by atoms with van der Waals surface area (Å²) in [6.07, 6.45) is 9.48. The molecule has 12 atom stereocenters. The Bertz CT molecular complexity index is 3210. The first-order chi connectivity index (χ1) is 40.1. The molecular formula is C65H80Cl5F2N5O9. The number of aliphatic hydroxyl groups is 2. The molecule has 6 fully saturated rings. The number of nitrogens with two attached hydrogens (primary N) is 1. The average Bonchev–Trinajstić information content (AvgIpc) is 1.52. The number of fused-ring (bicyclic) bond motifs is 6. The molecule has 2 saturated heterocycles. The van der Waals surface area contributed by atoms with E-state index in [0.29, 0.717) is 67.2 Å². The number of carbonyl (C=O) groups excluding carboxylic acids is 3. The van der Waals surface area contributed by atoms with E-state index in [2.05, 4.69) is 48.3 Å². The second-order valence-corrected chi connectivity index (χ2v) is 28.9. The number of aliphatic carboxylic acids is 1.